The number of nitrogens with one attached hydrogen (secondary N) is 11. The van der Waals surface area contributed by atoms with Crippen molar-refractivity contribution in [2.75, 3.05) is 45.8 Å². The van der Waals surface area contributed by atoms with Gasteiger partial charge in [-0.3, -0.25) is 62.3 Å². The zero-order chi connectivity index (χ0) is 58.3. The molecule has 0 aromatic carbocycles. The quantitative estimate of drug-likeness (QED) is 0.0694. The molecule has 438 valence electrons. The molecule has 80 heavy (non-hydrogen) atoms. The Bertz CT molecular complexity index is 2530. The van der Waals surface area contributed by atoms with E-state index in [1.54, 1.807) is 0 Å². The standard InChI is InChI=1S/C48H73N19O13/c49-11-3-1-7-28-44(76)62-30(15-26-19-53-24-58-26)41(73)56-23-40(72)67-14-6-10-35(67)48(80)65-33(18-37(52)69)46(78)61-29(8-2-4-12-50)45(77)63-31(16-27-20-54-25-59-27)42(74)57-22-39(71)66-13-5-9-34(66)47(79)64-32(17-36(51)68)43(75)55-21-38(70)60-28/h19-20,24-25,28-35H,1-18,21-23,49-50H2,(H2,51,68)(H2,52,69)(H,53,58)(H,54,59)(H,55,75)(H,56,73)(H,57,74)(H,60,70)(H,61,78)(H,62,76)(H,63,77)(H,64,79)(H,65,80)/t28-,29-,30-,31-,32-,33-,34-,35-/m0/s1. The Kier molecular flexibility index (Phi) is 24.3. The molecule has 19 N–H and O–H groups in total. The number of hydrogen-bond acceptors (Lipinski definition) is 17. The predicted molar refractivity (Wildman–Crippen MR) is 278 cm³/mol. The molecule has 3 saturated heterocycles. The van der Waals surface area contributed by atoms with Crippen LogP contribution in [0.5, 0.6) is 0 Å². The summed E-state index contributed by atoms with van der Waals surface area (Å²) in [6.45, 7) is -1.60. The molecule has 0 aliphatic carbocycles. The average molecular weight is 1120 g/mol. The number of aromatic nitrogens is 4. The molecule has 3 fully saturated rings. The molecule has 3 aliphatic heterocycles. The van der Waals surface area contributed by atoms with Gasteiger partial charge in [-0.25, -0.2) is 9.97 Å². The highest BCUT2D eigenvalue weighted by atomic mass is 16.2. The van der Waals surface area contributed by atoms with E-state index >= 15 is 0 Å². The van der Waals surface area contributed by atoms with E-state index in [4.69, 9.17) is 22.9 Å². The first-order valence-electron chi connectivity index (χ1n) is 26.4. The van der Waals surface area contributed by atoms with E-state index in [1.165, 1.54) is 29.9 Å². The average Bonchev–Trinajstić information content (AvgIpc) is 4.29. The largest absolute Gasteiger partial charge is 0.370 e. The fraction of sp³-hybridized carbons (Fsp3) is 0.604. The molecule has 2 aromatic heterocycles. The van der Waals surface area contributed by atoms with Gasteiger partial charge in [0.15, 0.2) is 0 Å². The van der Waals surface area contributed by atoms with Crippen molar-refractivity contribution in [2.45, 2.75) is 138 Å². The molecule has 2 aromatic rings. The van der Waals surface area contributed by atoms with Crippen LogP contribution in [-0.4, -0.2) is 201 Å². The van der Waals surface area contributed by atoms with Crippen molar-refractivity contribution in [3.8, 4) is 0 Å². The first kappa shape index (κ1) is 62.3. The van der Waals surface area contributed by atoms with Crippen LogP contribution in [0.25, 0.3) is 0 Å². The van der Waals surface area contributed by atoms with Gasteiger partial charge in [0.25, 0.3) is 0 Å². The molecule has 8 atom stereocenters. The molecule has 0 unspecified atom stereocenters. The lowest BCUT2D eigenvalue weighted by atomic mass is 10.0. The van der Waals surface area contributed by atoms with Gasteiger partial charge in [0.1, 0.15) is 48.3 Å². The number of primary amides is 2. The lowest BCUT2D eigenvalue weighted by molar-refractivity contribution is -0.140. The number of unbranched alkanes of at least 4 members (excludes halogenated alkanes) is 2. The maximum Gasteiger partial charge on any atom is 0.243 e. The van der Waals surface area contributed by atoms with Crippen molar-refractivity contribution in [3.63, 3.8) is 0 Å². The zero-order valence-corrected chi connectivity index (χ0v) is 44.2. The molecular formula is C48H73N19O13. The number of hydrogen-bond donors (Lipinski definition) is 15. The summed E-state index contributed by atoms with van der Waals surface area (Å²) in [6, 6.07) is -11.3. The second-order valence-corrected chi connectivity index (χ2v) is 19.5. The number of H-pyrrole nitrogens is 2. The number of amides is 13. The SMILES string of the molecule is NCCCC[C@@H]1NC(=O)CNC(=O)[C@H](CC(N)=O)NC(=O)[C@@H]2CCCN2C(=O)CNC(=O)[C@H](Cc2cnc[nH]2)NC(=O)[C@H](CCCCN)NC(=O)[C@H](CC(N)=O)NC(=O)[C@@H]2CCCN2C(=O)CNC(=O)[C@H](Cc2cnc[nH]2)NC1=O. The molecule has 5 rings (SSSR count). The second-order valence-electron chi connectivity index (χ2n) is 19.5. The van der Waals surface area contributed by atoms with Crippen LogP contribution in [0.2, 0.25) is 0 Å². The number of nitrogens with zero attached hydrogens (tertiary/aromatic N) is 4. The molecule has 5 heterocycles. The summed E-state index contributed by atoms with van der Waals surface area (Å²) < 4.78 is 0. The Morgan fingerprint density at radius 3 is 1.26 bits per heavy atom. The number of carbonyl (C=O) groups is 13. The van der Waals surface area contributed by atoms with Gasteiger partial charge in [-0.15, -0.1) is 0 Å². The Morgan fingerprint density at radius 2 is 0.850 bits per heavy atom. The van der Waals surface area contributed by atoms with Crippen molar-refractivity contribution in [3.05, 3.63) is 36.4 Å². The van der Waals surface area contributed by atoms with Crippen LogP contribution in [0, 0.1) is 0 Å². The Labute approximate surface area is 459 Å². The maximum atomic E-state index is 14.2. The molecule has 0 bridgehead atoms. The van der Waals surface area contributed by atoms with Gasteiger partial charge in [-0.05, 0) is 77.3 Å². The molecule has 32 nitrogen and oxygen atoms in total. The van der Waals surface area contributed by atoms with Crippen LogP contribution in [0.4, 0.5) is 0 Å². The third-order valence-electron chi connectivity index (χ3n) is 13.5. The van der Waals surface area contributed by atoms with E-state index in [-0.39, 0.29) is 71.1 Å². The van der Waals surface area contributed by atoms with E-state index in [9.17, 15) is 62.3 Å². The summed E-state index contributed by atoms with van der Waals surface area (Å²) in [7, 11) is 0. The molecule has 32 heteroatoms. The van der Waals surface area contributed by atoms with Gasteiger partial charge < -0.3 is 90.6 Å². The van der Waals surface area contributed by atoms with Crippen molar-refractivity contribution >= 4 is 76.8 Å². The lowest BCUT2D eigenvalue weighted by Gasteiger charge is -2.28. The third-order valence-corrected chi connectivity index (χ3v) is 13.5. The van der Waals surface area contributed by atoms with E-state index < -0.39 is 158 Å². The van der Waals surface area contributed by atoms with E-state index in [0.717, 1.165) is 4.90 Å². The molecule has 13 amide bonds. The first-order valence-corrected chi connectivity index (χ1v) is 26.4. The summed E-state index contributed by atoms with van der Waals surface area (Å²) in [5.74, 6) is -11.6. The van der Waals surface area contributed by atoms with Crippen molar-refractivity contribution in [1.82, 2.24) is 77.6 Å². The van der Waals surface area contributed by atoms with E-state index in [1.807, 2.05) is 0 Å². The number of carbonyl (C=O) groups excluding carboxylic acids is 13. The summed E-state index contributed by atoms with van der Waals surface area (Å²) in [5.41, 5.74) is 23.2. The van der Waals surface area contributed by atoms with Crippen LogP contribution in [0.3, 0.4) is 0 Å². The van der Waals surface area contributed by atoms with Gasteiger partial charge in [0.2, 0.25) is 76.8 Å². The zero-order valence-electron chi connectivity index (χ0n) is 44.2. The van der Waals surface area contributed by atoms with Crippen molar-refractivity contribution in [1.29, 1.82) is 0 Å². The van der Waals surface area contributed by atoms with E-state index in [2.05, 4.69) is 67.8 Å². The summed E-state index contributed by atoms with van der Waals surface area (Å²) >= 11 is 0. The third kappa shape index (κ3) is 19.1. The highest BCUT2D eigenvalue weighted by Gasteiger charge is 2.40. The highest BCUT2D eigenvalue weighted by molar-refractivity contribution is 6.00. The Morgan fingerprint density at radius 1 is 0.475 bits per heavy atom. The monoisotopic (exact) mass is 1120 g/mol. The van der Waals surface area contributed by atoms with Gasteiger partial charge in [0.05, 0.1) is 45.1 Å². The lowest BCUT2D eigenvalue weighted by Crippen LogP contribution is -2.59. The Balaban J connectivity index is 1.46. The fourth-order valence-corrected chi connectivity index (χ4v) is 9.33. The first-order chi connectivity index (χ1) is 38.3. The minimum Gasteiger partial charge on any atom is -0.370 e. The van der Waals surface area contributed by atoms with Crippen LogP contribution >= 0.6 is 0 Å². The number of fused-ring (bicyclic) bond motifs is 2. The predicted octanol–water partition coefficient (Wildman–Crippen LogP) is -7.82. The number of nitrogens with two attached hydrogens (primary N) is 4. The summed E-state index contributed by atoms with van der Waals surface area (Å²) in [6.07, 6.45) is 5.83. The second kappa shape index (κ2) is 31.1. The number of aromatic amines is 2. The molecule has 3 aliphatic rings. The van der Waals surface area contributed by atoms with Gasteiger partial charge in [-0.1, -0.05) is 0 Å². The van der Waals surface area contributed by atoms with Gasteiger partial charge in [0, 0.05) is 49.7 Å². The summed E-state index contributed by atoms with van der Waals surface area (Å²) in [5, 5.41) is 22.5. The maximum absolute atomic E-state index is 14.2. The molecule has 0 saturated carbocycles. The summed E-state index contributed by atoms with van der Waals surface area (Å²) in [4.78, 5) is 193. The molecule has 0 spiro atoms. The van der Waals surface area contributed by atoms with Crippen molar-refractivity contribution in [2.24, 2.45) is 22.9 Å². The van der Waals surface area contributed by atoms with Gasteiger partial charge in [-0.2, -0.15) is 0 Å². The fourth-order valence-electron chi connectivity index (χ4n) is 9.33. The molecule has 0 radical (unpaired) electrons. The van der Waals surface area contributed by atoms with Crippen LogP contribution in [0.15, 0.2) is 25.0 Å². The normalized spacial score (nSPS) is 25.1. The topological polar surface area (TPSA) is 498 Å². The number of imidazole rings is 2. The van der Waals surface area contributed by atoms with Crippen LogP contribution in [0.1, 0.15) is 88.4 Å². The highest BCUT2D eigenvalue weighted by Crippen LogP contribution is 2.20. The van der Waals surface area contributed by atoms with Crippen LogP contribution in [-0.2, 0) is 75.2 Å². The Hall–Kier alpha value is -8.55. The minimum atomic E-state index is -1.67. The molecular weight excluding hydrogens is 1050 g/mol. The van der Waals surface area contributed by atoms with Crippen molar-refractivity contribution < 1.29 is 62.3 Å². The van der Waals surface area contributed by atoms with E-state index in [0.29, 0.717) is 43.5 Å². The number of rotatable bonds is 16. The van der Waals surface area contributed by atoms with Crippen LogP contribution < -0.4 is 70.8 Å². The van der Waals surface area contributed by atoms with Gasteiger partial charge >= 0.3 is 0 Å². The minimum absolute atomic E-state index is 0.0107. The smallest absolute Gasteiger partial charge is 0.243 e.